The minimum absolute atomic E-state index is 0.0591. The van der Waals surface area contributed by atoms with E-state index in [9.17, 15) is 4.79 Å². The van der Waals surface area contributed by atoms with Gasteiger partial charge in [-0.25, -0.2) is 14.8 Å². The first kappa shape index (κ1) is 15.6. The first-order chi connectivity index (χ1) is 11.7. The number of likely N-dealkylation sites (tertiary alicyclic amines) is 1. The van der Waals surface area contributed by atoms with Crippen LogP contribution in [0.4, 0.5) is 4.79 Å². The average Bonchev–Trinajstić information content (AvgIpc) is 3.10. The lowest BCUT2D eigenvalue weighted by molar-refractivity contribution is 0.167. The number of carbonyl (C=O) groups excluding carboxylic acids is 1. The molecule has 6 nitrogen and oxygen atoms in total. The van der Waals surface area contributed by atoms with Crippen LogP contribution in [-0.2, 0) is 0 Å². The predicted molar refractivity (Wildman–Crippen MR) is 92.9 cm³/mol. The molecule has 24 heavy (non-hydrogen) atoms. The van der Waals surface area contributed by atoms with Crippen molar-refractivity contribution in [2.45, 2.75) is 44.7 Å². The second-order valence-corrected chi connectivity index (χ2v) is 8.07. The Morgan fingerprint density at radius 2 is 2.12 bits per heavy atom. The molecule has 2 aromatic rings. The van der Waals surface area contributed by atoms with Crippen LogP contribution in [0.1, 0.15) is 47.7 Å². The number of hydrogen-bond donors (Lipinski definition) is 1. The summed E-state index contributed by atoms with van der Waals surface area (Å²) in [6.07, 6.45) is 11.9. The molecule has 0 radical (unpaired) electrons. The highest BCUT2D eigenvalue weighted by atomic mass is 32.1. The monoisotopic (exact) mass is 345 g/mol. The van der Waals surface area contributed by atoms with Crippen molar-refractivity contribution in [3.63, 3.8) is 0 Å². The molecule has 0 aromatic carbocycles. The minimum Gasteiger partial charge on any atom is -0.334 e. The molecule has 1 aliphatic carbocycles. The summed E-state index contributed by atoms with van der Waals surface area (Å²) in [5, 5.41) is 4.30. The molecule has 2 fully saturated rings. The molecule has 0 unspecified atom stereocenters. The molecule has 2 aliphatic rings. The van der Waals surface area contributed by atoms with Crippen LogP contribution in [0.15, 0.2) is 24.9 Å². The number of rotatable bonds is 4. The molecule has 0 spiro atoms. The number of nitrogens with zero attached hydrogens (tertiary/aromatic N) is 4. The number of carbonyl (C=O) groups is 1. The molecule has 1 saturated carbocycles. The highest BCUT2D eigenvalue weighted by molar-refractivity contribution is 7.11. The second-order valence-electron chi connectivity index (χ2n) is 6.80. The Labute approximate surface area is 145 Å². The van der Waals surface area contributed by atoms with Crippen molar-refractivity contribution in [1.29, 1.82) is 0 Å². The van der Waals surface area contributed by atoms with Gasteiger partial charge in [0.15, 0.2) is 0 Å². The van der Waals surface area contributed by atoms with Crippen molar-refractivity contribution in [2.75, 3.05) is 13.1 Å². The fourth-order valence-electron chi connectivity index (χ4n) is 3.40. The third-order valence-corrected chi connectivity index (χ3v) is 5.97. The summed E-state index contributed by atoms with van der Waals surface area (Å²) in [5.74, 6) is 0.558. The van der Waals surface area contributed by atoms with Crippen LogP contribution < -0.4 is 5.32 Å². The van der Waals surface area contributed by atoms with E-state index in [1.54, 1.807) is 11.3 Å². The first-order valence-electron chi connectivity index (χ1n) is 8.66. The average molecular weight is 345 g/mol. The maximum absolute atomic E-state index is 12.7. The zero-order valence-corrected chi connectivity index (χ0v) is 14.7. The molecular weight excluding hydrogens is 322 g/mol. The van der Waals surface area contributed by atoms with E-state index in [1.165, 1.54) is 17.7 Å². The number of aryl methyl sites for hydroxylation is 1. The molecular formula is C17H23N5OS. The first-order valence-corrected chi connectivity index (χ1v) is 9.47. The van der Waals surface area contributed by atoms with Gasteiger partial charge < -0.3 is 14.8 Å². The van der Waals surface area contributed by atoms with E-state index in [1.807, 2.05) is 29.8 Å². The summed E-state index contributed by atoms with van der Waals surface area (Å²) in [6.45, 7) is 3.65. The van der Waals surface area contributed by atoms with Crippen molar-refractivity contribution >= 4 is 17.4 Å². The second kappa shape index (κ2) is 6.55. The topological polar surface area (TPSA) is 63.1 Å². The van der Waals surface area contributed by atoms with E-state index in [2.05, 4.69) is 26.8 Å². The summed E-state index contributed by atoms with van der Waals surface area (Å²) in [5.41, 5.74) is 0. The number of aromatic nitrogens is 3. The summed E-state index contributed by atoms with van der Waals surface area (Å²) in [6, 6.07) is 0.601. The molecule has 1 N–H and O–H groups in total. The van der Waals surface area contributed by atoms with E-state index >= 15 is 0 Å². The smallest absolute Gasteiger partial charge is 0.317 e. The maximum atomic E-state index is 12.7. The van der Waals surface area contributed by atoms with Crippen molar-refractivity contribution in [3.05, 3.63) is 34.8 Å². The fraction of sp³-hybridized carbons (Fsp3) is 0.588. The third-order valence-electron chi connectivity index (χ3n) is 4.98. The Bertz CT molecular complexity index is 686. The van der Waals surface area contributed by atoms with Crippen molar-refractivity contribution < 1.29 is 4.79 Å². The summed E-state index contributed by atoms with van der Waals surface area (Å²) in [7, 11) is 0. The lowest BCUT2D eigenvalue weighted by Crippen LogP contribution is -2.46. The number of urea groups is 1. The van der Waals surface area contributed by atoms with Crippen molar-refractivity contribution in [1.82, 2.24) is 24.8 Å². The van der Waals surface area contributed by atoms with Gasteiger partial charge in [-0.2, -0.15) is 0 Å². The SMILES string of the molecule is Cc1cnc([C@H](NC(=O)N2CCC(n3ccnc3)CC2)C2CC2)s1. The fourth-order valence-corrected chi connectivity index (χ4v) is 4.32. The third kappa shape index (κ3) is 3.31. The summed E-state index contributed by atoms with van der Waals surface area (Å²) in [4.78, 5) is 24.4. The van der Waals surface area contributed by atoms with Crippen LogP contribution in [-0.4, -0.2) is 38.6 Å². The Balaban J connectivity index is 1.36. The van der Waals surface area contributed by atoms with Gasteiger partial charge in [-0.3, -0.25) is 0 Å². The molecule has 2 aromatic heterocycles. The summed E-state index contributed by atoms with van der Waals surface area (Å²) < 4.78 is 2.15. The molecule has 2 amide bonds. The van der Waals surface area contributed by atoms with Gasteiger partial charge in [0, 0.05) is 42.6 Å². The van der Waals surface area contributed by atoms with E-state index < -0.39 is 0 Å². The predicted octanol–water partition coefficient (Wildman–Crippen LogP) is 3.15. The van der Waals surface area contributed by atoms with Gasteiger partial charge in [0.2, 0.25) is 0 Å². The van der Waals surface area contributed by atoms with Crippen molar-refractivity contribution in [2.24, 2.45) is 5.92 Å². The normalized spacial score (nSPS) is 20.1. The van der Waals surface area contributed by atoms with Crippen LogP contribution in [0.2, 0.25) is 0 Å². The van der Waals surface area contributed by atoms with Crippen LogP contribution in [0, 0.1) is 12.8 Å². The Morgan fingerprint density at radius 1 is 1.33 bits per heavy atom. The number of thiazole rings is 1. The Kier molecular flexibility index (Phi) is 4.26. The van der Waals surface area contributed by atoms with Gasteiger partial charge in [0.05, 0.1) is 12.4 Å². The number of amides is 2. The van der Waals surface area contributed by atoms with Crippen LogP contribution in [0.3, 0.4) is 0 Å². The largest absolute Gasteiger partial charge is 0.334 e. The highest BCUT2D eigenvalue weighted by Gasteiger charge is 2.36. The minimum atomic E-state index is 0.0591. The van der Waals surface area contributed by atoms with Gasteiger partial charge in [-0.05, 0) is 38.5 Å². The van der Waals surface area contributed by atoms with Crippen molar-refractivity contribution in [3.8, 4) is 0 Å². The number of piperidine rings is 1. The van der Waals surface area contributed by atoms with Gasteiger partial charge in [-0.1, -0.05) is 0 Å². The van der Waals surface area contributed by atoms with E-state index in [4.69, 9.17) is 0 Å². The molecule has 1 atom stereocenters. The quantitative estimate of drug-likeness (QED) is 0.926. The molecule has 1 saturated heterocycles. The van der Waals surface area contributed by atoms with Crippen LogP contribution in [0.25, 0.3) is 0 Å². The van der Waals surface area contributed by atoms with Gasteiger partial charge in [0.1, 0.15) is 5.01 Å². The van der Waals surface area contributed by atoms with Gasteiger partial charge in [0.25, 0.3) is 0 Å². The molecule has 128 valence electrons. The zero-order valence-electron chi connectivity index (χ0n) is 13.9. The van der Waals surface area contributed by atoms with E-state index in [-0.39, 0.29) is 12.1 Å². The lowest BCUT2D eigenvalue weighted by Gasteiger charge is -2.33. The lowest BCUT2D eigenvalue weighted by atomic mass is 10.1. The van der Waals surface area contributed by atoms with Crippen LogP contribution >= 0.6 is 11.3 Å². The maximum Gasteiger partial charge on any atom is 0.317 e. The number of nitrogens with one attached hydrogen (secondary N) is 1. The highest BCUT2D eigenvalue weighted by Crippen LogP contribution is 2.42. The zero-order chi connectivity index (χ0) is 16.5. The van der Waals surface area contributed by atoms with Gasteiger partial charge >= 0.3 is 6.03 Å². The molecule has 4 rings (SSSR count). The summed E-state index contributed by atoms with van der Waals surface area (Å²) >= 11 is 1.70. The molecule has 3 heterocycles. The van der Waals surface area contributed by atoms with Crippen LogP contribution in [0.5, 0.6) is 0 Å². The standard InChI is InChI=1S/C17H23N5OS/c1-12-10-19-16(24-12)15(13-2-3-13)20-17(23)21-7-4-14(5-8-21)22-9-6-18-11-22/h6,9-11,13-15H,2-5,7-8H2,1H3,(H,20,23)/t15-/m1/s1. The molecule has 1 aliphatic heterocycles. The molecule has 0 bridgehead atoms. The van der Waals surface area contributed by atoms with E-state index in [0.717, 1.165) is 30.9 Å². The Morgan fingerprint density at radius 3 is 2.71 bits per heavy atom. The number of hydrogen-bond acceptors (Lipinski definition) is 4. The number of imidazole rings is 1. The Hall–Kier alpha value is -1.89. The molecule has 7 heteroatoms. The van der Waals surface area contributed by atoms with Gasteiger partial charge in [-0.15, -0.1) is 11.3 Å². The van der Waals surface area contributed by atoms with E-state index in [0.29, 0.717) is 12.0 Å².